The predicted molar refractivity (Wildman–Crippen MR) is 44.6 cm³/mol. The number of hydrogen-bond donors (Lipinski definition) is 2. The van der Waals surface area contributed by atoms with Gasteiger partial charge in [0.1, 0.15) is 5.60 Å². The summed E-state index contributed by atoms with van der Waals surface area (Å²) in [5.74, 6) is 0.113. The number of hydrogen-bond acceptors (Lipinski definition) is 4. The van der Waals surface area contributed by atoms with Gasteiger partial charge in [-0.3, -0.25) is 4.79 Å². The quantitative estimate of drug-likeness (QED) is 0.696. The van der Waals surface area contributed by atoms with Gasteiger partial charge in [0.2, 0.25) is 0 Å². The molecule has 0 aromatic carbocycles. The molecule has 1 heterocycles. The Bertz CT molecular complexity index is 274. The van der Waals surface area contributed by atoms with Gasteiger partial charge in [-0.05, 0) is 13.8 Å². The molecule has 0 spiro atoms. The highest BCUT2D eigenvalue weighted by Gasteiger charge is 2.23. The number of carbonyl (C=O) groups is 1. The Morgan fingerprint density at radius 1 is 1.77 bits per heavy atom. The lowest BCUT2D eigenvalue weighted by molar-refractivity contribution is -0.136. The van der Waals surface area contributed by atoms with E-state index in [1.165, 1.54) is 20.0 Å². The topological polar surface area (TPSA) is 75.4 Å². The van der Waals surface area contributed by atoms with E-state index in [1.54, 1.807) is 6.07 Å². The third-order valence-corrected chi connectivity index (χ3v) is 1.47. The van der Waals surface area contributed by atoms with Crippen LogP contribution < -0.4 is 5.32 Å². The summed E-state index contributed by atoms with van der Waals surface area (Å²) in [5, 5.41) is 15.2. The zero-order valence-corrected chi connectivity index (χ0v) is 7.57. The van der Waals surface area contributed by atoms with Crippen molar-refractivity contribution in [1.29, 1.82) is 0 Å². The molecule has 0 aliphatic carbocycles. The fourth-order valence-electron chi connectivity index (χ4n) is 0.717. The van der Waals surface area contributed by atoms with E-state index in [9.17, 15) is 9.90 Å². The number of rotatable bonds is 3. The second-order valence-corrected chi connectivity index (χ2v) is 3.22. The van der Waals surface area contributed by atoms with Crippen molar-refractivity contribution in [1.82, 2.24) is 10.5 Å². The molecule has 1 amide bonds. The average molecular weight is 184 g/mol. The largest absolute Gasteiger partial charge is 0.381 e. The van der Waals surface area contributed by atoms with E-state index in [0.717, 1.165) is 0 Å². The van der Waals surface area contributed by atoms with Crippen molar-refractivity contribution >= 4 is 5.91 Å². The van der Waals surface area contributed by atoms with E-state index in [1.807, 2.05) is 0 Å². The van der Waals surface area contributed by atoms with E-state index in [2.05, 4.69) is 10.5 Å². The van der Waals surface area contributed by atoms with E-state index in [0.29, 0.717) is 5.76 Å². The zero-order valence-electron chi connectivity index (χ0n) is 7.57. The molecule has 2 N–H and O–H groups in total. The monoisotopic (exact) mass is 184 g/mol. The maximum Gasteiger partial charge on any atom is 0.251 e. The highest BCUT2D eigenvalue weighted by atomic mass is 16.5. The summed E-state index contributed by atoms with van der Waals surface area (Å²) < 4.78 is 4.75. The van der Waals surface area contributed by atoms with Crippen LogP contribution in [0.1, 0.15) is 19.6 Å². The van der Waals surface area contributed by atoms with E-state index in [-0.39, 0.29) is 6.54 Å². The maximum atomic E-state index is 11.1. The summed E-state index contributed by atoms with van der Waals surface area (Å²) in [5.41, 5.74) is -1.36. The fourth-order valence-corrected chi connectivity index (χ4v) is 0.717. The molecule has 1 rings (SSSR count). The summed E-state index contributed by atoms with van der Waals surface area (Å²) in [7, 11) is 0. The van der Waals surface area contributed by atoms with Crippen LogP contribution in [-0.4, -0.2) is 21.8 Å². The third-order valence-electron chi connectivity index (χ3n) is 1.47. The number of nitrogens with one attached hydrogen (secondary N) is 1. The van der Waals surface area contributed by atoms with Gasteiger partial charge in [0.15, 0.2) is 5.76 Å². The summed E-state index contributed by atoms with van der Waals surface area (Å²) in [6.07, 6.45) is 1.49. The minimum atomic E-state index is -1.36. The van der Waals surface area contributed by atoms with Crippen molar-refractivity contribution in [3.8, 4) is 0 Å². The summed E-state index contributed by atoms with van der Waals surface area (Å²) >= 11 is 0. The van der Waals surface area contributed by atoms with Crippen molar-refractivity contribution < 1.29 is 14.4 Å². The SMILES string of the molecule is CC(C)(O)C(=O)NCc1ccno1. The number of nitrogens with zero attached hydrogens (tertiary/aromatic N) is 1. The molecule has 0 aliphatic rings. The minimum absolute atomic E-state index is 0.239. The lowest BCUT2D eigenvalue weighted by atomic mass is 10.1. The second kappa shape index (κ2) is 3.57. The first-order valence-corrected chi connectivity index (χ1v) is 3.90. The van der Waals surface area contributed by atoms with Gasteiger partial charge >= 0.3 is 0 Å². The Kier molecular flexibility index (Phi) is 2.67. The molecule has 1 aromatic heterocycles. The molecule has 5 nitrogen and oxygen atoms in total. The summed E-state index contributed by atoms with van der Waals surface area (Å²) in [4.78, 5) is 11.1. The van der Waals surface area contributed by atoms with Crippen molar-refractivity contribution in [3.05, 3.63) is 18.0 Å². The van der Waals surface area contributed by atoms with Crippen LogP contribution in [0.4, 0.5) is 0 Å². The average Bonchev–Trinajstić information content (AvgIpc) is 2.50. The second-order valence-electron chi connectivity index (χ2n) is 3.22. The molecule has 0 saturated carbocycles. The molecule has 0 fully saturated rings. The van der Waals surface area contributed by atoms with Crippen LogP contribution in [0, 0.1) is 0 Å². The normalized spacial score (nSPS) is 11.3. The molecule has 0 aliphatic heterocycles. The molecular formula is C8H12N2O3. The van der Waals surface area contributed by atoms with Crippen LogP contribution in [0.3, 0.4) is 0 Å². The van der Waals surface area contributed by atoms with E-state index in [4.69, 9.17) is 4.52 Å². The van der Waals surface area contributed by atoms with Crippen LogP contribution in [0.5, 0.6) is 0 Å². The molecule has 1 aromatic rings. The highest BCUT2D eigenvalue weighted by Crippen LogP contribution is 2.01. The molecule has 72 valence electrons. The maximum absolute atomic E-state index is 11.1. The van der Waals surface area contributed by atoms with Crippen LogP contribution in [0.25, 0.3) is 0 Å². The van der Waals surface area contributed by atoms with Crippen molar-refractivity contribution in [3.63, 3.8) is 0 Å². The Balaban J connectivity index is 2.40. The van der Waals surface area contributed by atoms with Crippen LogP contribution in [-0.2, 0) is 11.3 Å². The number of carbonyl (C=O) groups excluding carboxylic acids is 1. The number of amides is 1. The summed E-state index contributed by atoms with van der Waals surface area (Å²) in [6.45, 7) is 3.08. The van der Waals surface area contributed by atoms with Crippen molar-refractivity contribution in [2.45, 2.75) is 26.0 Å². The van der Waals surface area contributed by atoms with Gasteiger partial charge in [-0.1, -0.05) is 5.16 Å². The first-order valence-electron chi connectivity index (χ1n) is 3.90. The predicted octanol–water partition coefficient (Wildman–Crippen LogP) is 0.0617. The van der Waals surface area contributed by atoms with E-state index < -0.39 is 11.5 Å². The van der Waals surface area contributed by atoms with Gasteiger partial charge in [-0.15, -0.1) is 0 Å². The molecule has 0 unspecified atom stereocenters. The first kappa shape index (κ1) is 9.73. The molecule has 0 radical (unpaired) electrons. The highest BCUT2D eigenvalue weighted by molar-refractivity contribution is 5.83. The number of aromatic nitrogens is 1. The molecule has 13 heavy (non-hydrogen) atoms. The van der Waals surface area contributed by atoms with Gasteiger partial charge in [-0.2, -0.15) is 0 Å². The Hall–Kier alpha value is -1.36. The Labute approximate surface area is 75.7 Å². The Morgan fingerprint density at radius 2 is 2.46 bits per heavy atom. The lowest BCUT2D eigenvalue weighted by Crippen LogP contribution is -2.41. The molecule has 0 atom stereocenters. The Morgan fingerprint density at radius 3 is 2.92 bits per heavy atom. The van der Waals surface area contributed by atoms with Gasteiger partial charge in [-0.25, -0.2) is 0 Å². The van der Waals surface area contributed by atoms with Gasteiger partial charge in [0, 0.05) is 6.07 Å². The molecular weight excluding hydrogens is 172 g/mol. The van der Waals surface area contributed by atoms with Gasteiger partial charge < -0.3 is 14.9 Å². The molecule has 5 heteroatoms. The van der Waals surface area contributed by atoms with Crippen LogP contribution >= 0.6 is 0 Å². The van der Waals surface area contributed by atoms with Crippen LogP contribution in [0.15, 0.2) is 16.8 Å². The summed E-state index contributed by atoms with van der Waals surface area (Å²) in [6, 6.07) is 1.64. The molecule has 0 bridgehead atoms. The standard InChI is InChI=1S/C8H12N2O3/c1-8(2,12)7(11)9-5-6-3-4-10-13-6/h3-4,12H,5H2,1-2H3,(H,9,11). The van der Waals surface area contributed by atoms with Crippen molar-refractivity contribution in [2.75, 3.05) is 0 Å². The third kappa shape index (κ3) is 2.87. The van der Waals surface area contributed by atoms with Gasteiger partial charge in [0.25, 0.3) is 5.91 Å². The minimum Gasteiger partial charge on any atom is -0.381 e. The lowest BCUT2D eigenvalue weighted by Gasteiger charge is -2.15. The van der Waals surface area contributed by atoms with Crippen LogP contribution in [0.2, 0.25) is 0 Å². The smallest absolute Gasteiger partial charge is 0.251 e. The zero-order chi connectivity index (χ0) is 9.90. The van der Waals surface area contributed by atoms with E-state index >= 15 is 0 Å². The number of aliphatic hydroxyl groups is 1. The fraction of sp³-hybridized carbons (Fsp3) is 0.500. The van der Waals surface area contributed by atoms with Crippen molar-refractivity contribution in [2.24, 2.45) is 0 Å². The van der Waals surface area contributed by atoms with Gasteiger partial charge in [0.05, 0.1) is 12.7 Å². The molecule has 0 saturated heterocycles. The first-order chi connectivity index (χ1) is 6.00.